The number of ketones is 1. The number of carbonyl (C=O) groups is 1. The topological polar surface area (TPSA) is 75.6 Å². The smallest absolute Gasteiger partial charge is 0.191 e. The molecule has 7 heteroatoms. The van der Waals surface area contributed by atoms with E-state index in [4.69, 9.17) is 11.6 Å². The Hall–Kier alpha value is -1.40. The molecule has 92 valence electrons. The highest BCUT2D eigenvalue weighted by atomic mass is 35.5. The van der Waals surface area contributed by atoms with Gasteiger partial charge in [-0.05, 0) is 12.1 Å². The van der Waals surface area contributed by atoms with Gasteiger partial charge in [-0.25, -0.2) is 8.42 Å². The van der Waals surface area contributed by atoms with Crippen LogP contribution in [0.3, 0.4) is 0 Å². The molecule has 0 spiro atoms. The molecule has 5 nitrogen and oxygen atoms in total. The van der Waals surface area contributed by atoms with Crippen LogP contribution in [0.5, 0.6) is 0 Å². The molecule has 0 atom stereocenters. The minimum Gasteiger partial charge on any atom is -0.292 e. The fourth-order valence-electron chi connectivity index (χ4n) is 1.07. The van der Waals surface area contributed by atoms with E-state index in [0.717, 1.165) is 6.26 Å². The van der Waals surface area contributed by atoms with Crippen LogP contribution in [0.25, 0.3) is 0 Å². The Bertz CT molecular complexity index is 567. The lowest BCUT2D eigenvalue weighted by Gasteiger charge is -2.06. The first-order chi connectivity index (χ1) is 7.82. The first-order valence-electron chi connectivity index (χ1n) is 4.61. The van der Waals surface area contributed by atoms with Gasteiger partial charge in [0.25, 0.3) is 0 Å². The minimum atomic E-state index is -3.36. The minimum absolute atomic E-state index is 0.0942. The van der Waals surface area contributed by atoms with E-state index in [9.17, 15) is 13.2 Å². The Labute approximate surface area is 104 Å². The predicted octanol–water partition coefficient (Wildman–Crippen LogP) is 1.64. The molecule has 1 aromatic rings. The van der Waals surface area contributed by atoms with Gasteiger partial charge in [0.15, 0.2) is 20.8 Å². The van der Waals surface area contributed by atoms with E-state index in [-0.39, 0.29) is 15.8 Å². The SMILES string of the molecule is CC(=O)/C(Cl)=N\Nc1ccccc1S(C)(=O)=O. The third-order valence-electron chi connectivity index (χ3n) is 1.85. The molecule has 1 N–H and O–H groups in total. The molecule has 0 fully saturated rings. The van der Waals surface area contributed by atoms with E-state index in [2.05, 4.69) is 10.5 Å². The van der Waals surface area contributed by atoms with E-state index in [1.807, 2.05) is 0 Å². The number of anilines is 1. The molecule has 0 saturated carbocycles. The second kappa shape index (κ2) is 5.29. The lowest BCUT2D eigenvalue weighted by atomic mass is 10.3. The van der Waals surface area contributed by atoms with Gasteiger partial charge in [0, 0.05) is 13.2 Å². The summed E-state index contributed by atoms with van der Waals surface area (Å²) in [6.45, 7) is 1.26. The van der Waals surface area contributed by atoms with Crippen molar-refractivity contribution >= 4 is 38.1 Å². The van der Waals surface area contributed by atoms with Crippen molar-refractivity contribution in [1.82, 2.24) is 0 Å². The van der Waals surface area contributed by atoms with Crippen molar-refractivity contribution < 1.29 is 13.2 Å². The number of benzene rings is 1. The number of rotatable bonds is 4. The number of nitrogens with zero attached hydrogens (tertiary/aromatic N) is 1. The summed E-state index contributed by atoms with van der Waals surface area (Å²) in [5.74, 6) is -0.406. The van der Waals surface area contributed by atoms with Crippen LogP contribution in [-0.4, -0.2) is 25.6 Å². The molecular weight excluding hydrogens is 264 g/mol. The zero-order valence-corrected chi connectivity index (χ0v) is 10.8. The van der Waals surface area contributed by atoms with Crippen molar-refractivity contribution in [2.45, 2.75) is 11.8 Å². The second-order valence-electron chi connectivity index (χ2n) is 3.34. The molecule has 0 saturated heterocycles. The van der Waals surface area contributed by atoms with Crippen molar-refractivity contribution in [3.8, 4) is 0 Å². The van der Waals surface area contributed by atoms with Gasteiger partial charge in [0.2, 0.25) is 0 Å². The molecule has 0 radical (unpaired) electrons. The fraction of sp³-hybridized carbons (Fsp3) is 0.200. The van der Waals surface area contributed by atoms with E-state index in [0.29, 0.717) is 0 Å². The fourth-order valence-corrected chi connectivity index (χ4v) is 1.95. The molecule has 1 rings (SSSR count). The number of para-hydroxylation sites is 1. The summed E-state index contributed by atoms with van der Waals surface area (Å²) in [7, 11) is -3.36. The lowest BCUT2D eigenvalue weighted by Crippen LogP contribution is -2.07. The molecule has 0 aliphatic heterocycles. The summed E-state index contributed by atoms with van der Waals surface area (Å²) in [6.07, 6.45) is 1.09. The van der Waals surface area contributed by atoms with Crippen molar-refractivity contribution in [2.75, 3.05) is 11.7 Å². The quantitative estimate of drug-likeness (QED) is 0.669. The van der Waals surface area contributed by atoms with Crippen LogP contribution in [0.15, 0.2) is 34.3 Å². The number of carbonyl (C=O) groups excluding carboxylic acids is 1. The van der Waals surface area contributed by atoms with Crippen LogP contribution < -0.4 is 5.43 Å². The normalized spacial score (nSPS) is 12.3. The van der Waals surface area contributed by atoms with Gasteiger partial charge in [-0.3, -0.25) is 10.2 Å². The van der Waals surface area contributed by atoms with E-state index >= 15 is 0 Å². The molecule has 0 unspecified atom stereocenters. The monoisotopic (exact) mass is 274 g/mol. The Morgan fingerprint density at radius 3 is 2.47 bits per heavy atom. The maximum atomic E-state index is 11.4. The van der Waals surface area contributed by atoms with Gasteiger partial charge < -0.3 is 0 Å². The summed E-state index contributed by atoms with van der Waals surface area (Å²) in [5.41, 5.74) is 2.73. The van der Waals surface area contributed by atoms with Crippen LogP contribution in [0, 0.1) is 0 Å². The Morgan fingerprint density at radius 1 is 1.35 bits per heavy atom. The van der Waals surface area contributed by atoms with Crippen LogP contribution in [0.4, 0.5) is 5.69 Å². The molecule has 0 heterocycles. The molecular formula is C10H11ClN2O3S. The number of Topliss-reactive ketones (excluding diaryl/α,β-unsaturated/α-hetero) is 1. The van der Waals surface area contributed by atoms with Crippen molar-refractivity contribution in [2.24, 2.45) is 5.10 Å². The Balaban J connectivity index is 3.09. The highest BCUT2D eigenvalue weighted by Crippen LogP contribution is 2.20. The second-order valence-corrected chi connectivity index (χ2v) is 5.68. The van der Waals surface area contributed by atoms with E-state index in [1.165, 1.54) is 19.1 Å². The van der Waals surface area contributed by atoms with E-state index in [1.54, 1.807) is 12.1 Å². The zero-order valence-electron chi connectivity index (χ0n) is 9.27. The Kier molecular flexibility index (Phi) is 4.25. The highest BCUT2D eigenvalue weighted by molar-refractivity contribution is 7.90. The number of sulfone groups is 1. The number of hydrazone groups is 1. The molecule has 1 aromatic carbocycles. The maximum absolute atomic E-state index is 11.4. The third kappa shape index (κ3) is 3.83. The maximum Gasteiger partial charge on any atom is 0.191 e. The molecule has 17 heavy (non-hydrogen) atoms. The molecule has 0 aliphatic rings. The average Bonchev–Trinajstić information content (AvgIpc) is 2.24. The van der Waals surface area contributed by atoms with E-state index < -0.39 is 15.6 Å². The van der Waals surface area contributed by atoms with Gasteiger partial charge in [0.1, 0.15) is 0 Å². The summed E-state index contributed by atoms with van der Waals surface area (Å²) in [4.78, 5) is 10.9. The molecule has 0 bridgehead atoms. The third-order valence-corrected chi connectivity index (χ3v) is 3.36. The van der Waals surface area contributed by atoms with Crippen LogP contribution in [0.2, 0.25) is 0 Å². The van der Waals surface area contributed by atoms with Gasteiger partial charge in [-0.1, -0.05) is 23.7 Å². The standard InChI is InChI=1S/C10H11ClN2O3S/c1-7(14)10(11)13-12-8-5-3-4-6-9(8)17(2,15)16/h3-6,12H,1-2H3/b13-10+. The van der Waals surface area contributed by atoms with Crippen LogP contribution in [0.1, 0.15) is 6.92 Å². The average molecular weight is 275 g/mol. The van der Waals surface area contributed by atoms with Crippen LogP contribution in [-0.2, 0) is 14.6 Å². The molecule has 0 aromatic heterocycles. The Morgan fingerprint density at radius 2 is 1.94 bits per heavy atom. The number of hydrogen-bond acceptors (Lipinski definition) is 5. The largest absolute Gasteiger partial charge is 0.292 e. The lowest BCUT2D eigenvalue weighted by molar-refractivity contribution is -0.110. The van der Waals surface area contributed by atoms with Gasteiger partial charge >= 0.3 is 0 Å². The summed E-state index contributed by atoms with van der Waals surface area (Å²) >= 11 is 5.52. The summed E-state index contributed by atoms with van der Waals surface area (Å²) in [6, 6.07) is 6.21. The predicted molar refractivity (Wildman–Crippen MR) is 67.1 cm³/mol. The van der Waals surface area contributed by atoms with Gasteiger partial charge in [-0.15, -0.1) is 0 Å². The van der Waals surface area contributed by atoms with Crippen molar-refractivity contribution in [3.05, 3.63) is 24.3 Å². The van der Waals surface area contributed by atoms with Crippen molar-refractivity contribution in [3.63, 3.8) is 0 Å². The first kappa shape index (κ1) is 13.7. The van der Waals surface area contributed by atoms with Crippen molar-refractivity contribution in [1.29, 1.82) is 0 Å². The molecule has 0 aliphatic carbocycles. The zero-order chi connectivity index (χ0) is 13.1. The number of hydrogen-bond donors (Lipinski definition) is 1. The summed E-state index contributed by atoms with van der Waals surface area (Å²) < 4.78 is 22.9. The number of nitrogens with one attached hydrogen (secondary N) is 1. The summed E-state index contributed by atoms with van der Waals surface area (Å²) in [5, 5.41) is 3.34. The first-order valence-corrected chi connectivity index (χ1v) is 6.88. The van der Waals surface area contributed by atoms with Crippen LogP contribution >= 0.6 is 11.6 Å². The molecule has 0 amide bonds. The van der Waals surface area contributed by atoms with Gasteiger partial charge in [0.05, 0.1) is 10.6 Å². The van der Waals surface area contributed by atoms with Gasteiger partial charge in [-0.2, -0.15) is 5.10 Å². The number of halogens is 1. The highest BCUT2D eigenvalue weighted by Gasteiger charge is 2.12.